The zero-order chi connectivity index (χ0) is 27.9. The Kier molecular flexibility index (Phi) is 9.63. The third-order valence-corrected chi connectivity index (χ3v) is 8.03. The number of nitrogens with one attached hydrogen (secondary N) is 1. The minimum absolute atomic E-state index is 0.00290. The first kappa shape index (κ1) is 28.8. The number of nitrogens with zero attached hydrogens (tertiary/aromatic N) is 2. The van der Waals surface area contributed by atoms with Crippen LogP contribution in [0, 0.1) is 5.82 Å². The minimum Gasteiger partial charge on any atom is -0.355 e. The van der Waals surface area contributed by atoms with Crippen LogP contribution in [0.2, 0.25) is 0 Å². The van der Waals surface area contributed by atoms with Gasteiger partial charge in [0.1, 0.15) is 18.4 Å². The maximum atomic E-state index is 13.8. The van der Waals surface area contributed by atoms with Gasteiger partial charge in [0, 0.05) is 13.1 Å². The van der Waals surface area contributed by atoms with E-state index in [2.05, 4.69) is 5.32 Å². The van der Waals surface area contributed by atoms with Crippen LogP contribution in [-0.2, 0) is 26.2 Å². The number of halogens is 1. The molecule has 0 spiro atoms. The predicted molar refractivity (Wildman–Crippen MR) is 147 cm³/mol. The van der Waals surface area contributed by atoms with E-state index in [1.807, 2.05) is 26.0 Å². The summed E-state index contributed by atoms with van der Waals surface area (Å²) in [6, 6.07) is 19.7. The molecule has 0 unspecified atom stereocenters. The first-order valence-electron chi connectivity index (χ1n) is 12.5. The highest BCUT2D eigenvalue weighted by Gasteiger charge is 2.32. The van der Waals surface area contributed by atoms with E-state index < -0.39 is 34.3 Å². The van der Waals surface area contributed by atoms with Crippen LogP contribution >= 0.6 is 0 Å². The number of rotatable bonds is 11. The van der Waals surface area contributed by atoms with Gasteiger partial charge in [-0.05, 0) is 67.3 Å². The average Bonchev–Trinajstić information content (AvgIpc) is 2.91. The Morgan fingerprint density at radius 3 is 2.05 bits per heavy atom. The molecule has 0 saturated carbocycles. The van der Waals surface area contributed by atoms with E-state index in [1.165, 1.54) is 41.3 Å². The van der Waals surface area contributed by atoms with E-state index in [-0.39, 0.29) is 23.3 Å². The van der Waals surface area contributed by atoms with Gasteiger partial charge >= 0.3 is 0 Å². The topological polar surface area (TPSA) is 86.8 Å². The number of likely N-dealkylation sites (N-methyl/N-ethyl adjacent to an activating group) is 1. The molecule has 0 aliphatic carbocycles. The molecule has 0 saturated heterocycles. The molecule has 3 aromatic carbocycles. The van der Waals surface area contributed by atoms with Gasteiger partial charge in [-0.25, -0.2) is 12.8 Å². The molecule has 0 bridgehead atoms. The number of sulfonamides is 1. The van der Waals surface area contributed by atoms with Crippen molar-refractivity contribution >= 4 is 27.5 Å². The summed E-state index contributed by atoms with van der Waals surface area (Å²) in [6.45, 7) is 7.27. The molecule has 202 valence electrons. The van der Waals surface area contributed by atoms with Gasteiger partial charge < -0.3 is 10.2 Å². The summed E-state index contributed by atoms with van der Waals surface area (Å²) < 4.78 is 42.0. The van der Waals surface area contributed by atoms with Gasteiger partial charge in [0.2, 0.25) is 11.8 Å². The normalized spacial score (nSPS) is 12.2. The van der Waals surface area contributed by atoms with Crippen LogP contribution in [0.1, 0.15) is 44.7 Å². The molecule has 0 aliphatic heterocycles. The molecular weight excluding hydrogens is 505 g/mol. The highest BCUT2D eigenvalue weighted by atomic mass is 32.2. The molecule has 0 aliphatic rings. The molecule has 9 heteroatoms. The van der Waals surface area contributed by atoms with Crippen LogP contribution in [0.25, 0.3) is 0 Å². The lowest BCUT2D eigenvalue weighted by Crippen LogP contribution is -2.51. The van der Waals surface area contributed by atoms with Crippen molar-refractivity contribution in [1.82, 2.24) is 10.2 Å². The fourth-order valence-electron chi connectivity index (χ4n) is 3.96. The van der Waals surface area contributed by atoms with Crippen molar-refractivity contribution in [2.24, 2.45) is 0 Å². The SMILES string of the molecule is CCNC(=O)[C@@H](C)N(Cc1ccc(F)cc1)C(=O)CN(c1ccc(C(C)C)cc1)S(=O)(=O)c1ccccc1. The van der Waals surface area contributed by atoms with Crippen molar-refractivity contribution in [3.63, 3.8) is 0 Å². The van der Waals surface area contributed by atoms with Gasteiger partial charge in [-0.15, -0.1) is 0 Å². The number of carbonyl (C=O) groups excluding carboxylic acids is 2. The maximum Gasteiger partial charge on any atom is 0.264 e. The summed E-state index contributed by atoms with van der Waals surface area (Å²) in [4.78, 5) is 27.8. The van der Waals surface area contributed by atoms with E-state index in [4.69, 9.17) is 0 Å². The third kappa shape index (κ3) is 6.98. The van der Waals surface area contributed by atoms with Crippen LogP contribution < -0.4 is 9.62 Å². The smallest absolute Gasteiger partial charge is 0.264 e. The number of hydrogen-bond donors (Lipinski definition) is 1. The van der Waals surface area contributed by atoms with Crippen molar-refractivity contribution in [2.75, 3.05) is 17.4 Å². The van der Waals surface area contributed by atoms with Gasteiger partial charge in [-0.3, -0.25) is 13.9 Å². The zero-order valence-corrected chi connectivity index (χ0v) is 22.9. The van der Waals surface area contributed by atoms with E-state index in [9.17, 15) is 22.4 Å². The molecule has 1 N–H and O–H groups in total. The molecular formula is C29H34FN3O4S. The van der Waals surface area contributed by atoms with Gasteiger partial charge in [0.15, 0.2) is 0 Å². The second-order valence-corrected chi connectivity index (χ2v) is 11.2. The first-order valence-corrected chi connectivity index (χ1v) is 14.0. The molecule has 7 nitrogen and oxygen atoms in total. The van der Waals surface area contributed by atoms with E-state index in [1.54, 1.807) is 44.2 Å². The fourth-order valence-corrected chi connectivity index (χ4v) is 5.40. The molecule has 3 aromatic rings. The molecule has 38 heavy (non-hydrogen) atoms. The van der Waals surface area contributed by atoms with Gasteiger partial charge in [0.25, 0.3) is 10.0 Å². The van der Waals surface area contributed by atoms with E-state index in [0.29, 0.717) is 17.8 Å². The predicted octanol–water partition coefficient (Wildman–Crippen LogP) is 4.70. The Morgan fingerprint density at radius 2 is 1.50 bits per heavy atom. The van der Waals surface area contributed by atoms with Crippen molar-refractivity contribution < 1.29 is 22.4 Å². The molecule has 1 atom stereocenters. The molecule has 0 heterocycles. The summed E-state index contributed by atoms with van der Waals surface area (Å²) in [5.74, 6) is -1.12. The second-order valence-electron chi connectivity index (χ2n) is 9.29. The minimum atomic E-state index is -4.11. The Bertz CT molecular complexity index is 1330. The lowest BCUT2D eigenvalue weighted by atomic mass is 10.0. The van der Waals surface area contributed by atoms with Crippen molar-refractivity contribution in [1.29, 1.82) is 0 Å². The first-order chi connectivity index (χ1) is 18.0. The zero-order valence-electron chi connectivity index (χ0n) is 22.1. The van der Waals surface area contributed by atoms with Crippen LogP contribution in [0.15, 0.2) is 83.8 Å². The monoisotopic (exact) mass is 539 g/mol. The highest BCUT2D eigenvalue weighted by molar-refractivity contribution is 7.92. The molecule has 0 aromatic heterocycles. The third-order valence-electron chi connectivity index (χ3n) is 6.24. The van der Waals surface area contributed by atoms with Crippen LogP contribution in [0.5, 0.6) is 0 Å². The lowest BCUT2D eigenvalue weighted by molar-refractivity contribution is -0.139. The average molecular weight is 540 g/mol. The summed E-state index contributed by atoms with van der Waals surface area (Å²) in [7, 11) is -4.11. The van der Waals surface area contributed by atoms with Crippen LogP contribution in [0.4, 0.5) is 10.1 Å². The van der Waals surface area contributed by atoms with Crippen LogP contribution in [0.3, 0.4) is 0 Å². The number of carbonyl (C=O) groups is 2. The fraction of sp³-hybridized carbons (Fsp3) is 0.310. The summed E-state index contributed by atoms with van der Waals surface area (Å²) in [6.07, 6.45) is 0. The molecule has 0 radical (unpaired) electrons. The van der Waals surface area contributed by atoms with Gasteiger partial charge in [-0.2, -0.15) is 0 Å². The van der Waals surface area contributed by atoms with E-state index >= 15 is 0 Å². The lowest BCUT2D eigenvalue weighted by Gasteiger charge is -2.32. The number of amides is 2. The number of anilines is 1. The molecule has 3 rings (SSSR count). The highest BCUT2D eigenvalue weighted by Crippen LogP contribution is 2.26. The Labute approximate surface area is 224 Å². The summed E-state index contributed by atoms with van der Waals surface area (Å²) in [5.41, 5.74) is 1.97. The maximum absolute atomic E-state index is 13.8. The summed E-state index contributed by atoms with van der Waals surface area (Å²) in [5, 5.41) is 2.71. The Morgan fingerprint density at radius 1 is 0.895 bits per heavy atom. The van der Waals surface area contributed by atoms with Crippen LogP contribution in [-0.4, -0.2) is 44.3 Å². The molecule has 2 amide bonds. The van der Waals surface area contributed by atoms with Crippen molar-refractivity contribution in [3.8, 4) is 0 Å². The van der Waals surface area contributed by atoms with Crippen molar-refractivity contribution in [3.05, 3.63) is 95.8 Å². The van der Waals surface area contributed by atoms with Gasteiger partial charge in [-0.1, -0.05) is 56.3 Å². The van der Waals surface area contributed by atoms with Crippen molar-refractivity contribution in [2.45, 2.75) is 51.1 Å². The quantitative estimate of drug-likeness (QED) is 0.383. The number of benzene rings is 3. The summed E-state index contributed by atoms with van der Waals surface area (Å²) >= 11 is 0. The number of hydrogen-bond acceptors (Lipinski definition) is 4. The second kappa shape index (κ2) is 12.7. The standard InChI is InChI=1S/C29H34FN3O4S/c1-5-31-29(35)22(4)32(19-23-11-15-25(30)16-12-23)28(34)20-33(26-17-13-24(14-18-26)21(2)3)38(36,37)27-9-7-6-8-10-27/h6-18,21-22H,5,19-20H2,1-4H3,(H,31,35)/t22-/m1/s1. The van der Waals surface area contributed by atoms with Gasteiger partial charge in [0.05, 0.1) is 10.6 Å². The largest absolute Gasteiger partial charge is 0.355 e. The molecule has 0 fully saturated rings. The van der Waals surface area contributed by atoms with E-state index in [0.717, 1.165) is 9.87 Å². The Balaban J connectivity index is 2.02. The Hall–Kier alpha value is -3.72.